The Morgan fingerprint density at radius 1 is 1.27 bits per heavy atom. The van der Waals surface area contributed by atoms with E-state index in [0.717, 1.165) is 31.1 Å². The molecule has 3 rings (SSSR count). The van der Waals surface area contributed by atoms with E-state index in [-0.39, 0.29) is 0 Å². The van der Waals surface area contributed by atoms with Crippen molar-refractivity contribution in [1.82, 2.24) is 4.90 Å². The minimum atomic E-state index is 0.356. The molecule has 3 nitrogen and oxygen atoms in total. The molecule has 2 aliphatic rings. The second kappa shape index (κ2) is 7.66. The molecule has 3 heteroatoms. The van der Waals surface area contributed by atoms with E-state index in [1.54, 1.807) is 7.11 Å². The Bertz CT molecular complexity index is 500. The smallest absolute Gasteiger partial charge is 0.223 e. The summed E-state index contributed by atoms with van der Waals surface area (Å²) in [6, 6.07) is 8.65. The van der Waals surface area contributed by atoms with E-state index in [1.807, 2.05) is 26.0 Å². The second-order valence-electron chi connectivity index (χ2n) is 6.30. The Hall–Kier alpha value is -1.51. The van der Waals surface area contributed by atoms with Gasteiger partial charge in [-0.25, -0.2) is 0 Å². The number of hydrogen-bond acceptors (Lipinski definition) is 2. The van der Waals surface area contributed by atoms with E-state index in [9.17, 15) is 4.79 Å². The zero-order valence-electron chi connectivity index (χ0n) is 14.3. The molecule has 1 heterocycles. The van der Waals surface area contributed by atoms with E-state index in [2.05, 4.69) is 24.0 Å². The monoisotopic (exact) mass is 303 g/mol. The van der Waals surface area contributed by atoms with Gasteiger partial charge in [0.2, 0.25) is 5.91 Å². The van der Waals surface area contributed by atoms with E-state index >= 15 is 0 Å². The molecular formula is C19H29NO2. The van der Waals surface area contributed by atoms with Crippen molar-refractivity contribution in [3.63, 3.8) is 0 Å². The van der Waals surface area contributed by atoms with Crippen LogP contribution < -0.4 is 4.74 Å². The molecule has 0 bridgehead atoms. The van der Waals surface area contributed by atoms with Crippen LogP contribution in [0.5, 0.6) is 5.75 Å². The highest BCUT2D eigenvalue weighted by Gasteiger charge is 2.44. The van der Waals surface area contributed by atoms with Gasteiger partial charge >= 0.3 is 0 Å². The average Bonchev–Trinajstić information content (AvgIpc) is 3.02. The molecule has 0 spiro atoms. The van der Waals surface area contributed by atoms with Crippen molar-refractivity contribution in [2.24, 2.45) is 11.8 Å². The van der Waals surface area contributed by atoms with Gasteiger partial charge in [-0.1, -0.05) is 32.9 Å². The number of amides is 1. The Morgan fingerprint density at radius 2 is 2.05 bits per heavy atom. The number of nitrogens with zero attached hydrogens (tertiary/aromatic N) is 1. The SMILES string of the molecule is CC.COc1cccc(CCN2C(=O)CC3CC(C)CC32)c1. The molecule has 1 aromatic carbocycles. The molecule has 1 saturated carbocycles. The van der Waals surface area contributed by atoms with Crippen molar-refractivity contribution in [1.29, 1.82) is 0 Å². The molecule has 3 atom stereocenters. The van der Waals surface area contributed by atoms with Crippen LogP contribution in [0.1, 0.15) is 45.6 Å². The van der Waals surface area contributed by atoms with Crippen molar-refractivity contribution in [2.45, 2.75) is 52.5 Å². The second-order valence-corrected chi connectivity index (χ2v) is 6.30. The van der Waals surface area contributed by atoms with Crippen LogP contribution in [0.2, 0.25) is 0 Å². The summed E-state index contributed by atoms with van der Waals surface area (Å²) in [6.07, 6.45) is 4.11. The number of benzene rings is 1. The summed E-state index contributed by atoms with van der Waals surface area (Å²) in [5, 5.41) is 0. The van der Waals surface area contributed by atoms with Crippen molar-refractivity contribution in [3.8, 4) is 5.75 Å². The van der Waals surface area contributed by atoms with E-state index in [1.165, 1.54) is 18.4 Å². The first-order valence-corrected chi connectivity index (χ1v) is 8.59. The van der Waals surface area contributed by atoms with Gasteiger partial charge in [0, 0.05) is 19.0 Å². The maximum absolute atomic E-state index is 12.1. The molecule has 0 radical (unpaired) electrons. The van der Waals surface area contributed by atoms with Crippen molar-refractivity contribution >= 4 is 5.91 Å². The van der Waals surface area contributed by atoms with E-state index in [0.29, 0.717) is 17.9 Å². The minimum absolute atomic E-state index is 0.356. The van der Waals surface area contributed by atoms with Crippen molar-refractivity contribution < 1.29 is 9.53 Å². The summed E-state index contributed by atoms with van der Waals surface area (Å²) in [6.45, 7) is 7.16. The summed E-state index contributed by atoms with van der Waals surface area (Å²) >= 11 is 0. The fourth-order valence-electron chi connectivity index (χ4n) is 3.87. The largest absolute Gasteiger partial charge is 0.497 e. The fraction of sp³-hybridized carbons (Fsp3) is 0.632. The van der Waals surface area contributed by atoms with E-state index in [4.69, 9.17) is 4.74 Å². The normalized spacial score (nSPS) is 26.5. The van der Waals surface area contributed by atoms with Crippen LogP contribution in [0, 0.1) is 11.8 Å². The first kappa shape index (κ1) is 16.9. The molecule has 0 N–H and O–H groups in total. The summed E-state index contributed by atoms with van der Waals surface area (Å²) in [5.41, 5.74) is 1.24. The number of methoxy groups -OCH3 is 1. The fourth-order valence-corrected chi connectivity index (χ4v) is 3.87. The van der Waals surface area contributed by atoms with Gasteiger partial charge in [-0.3, -0.25) is 4.79 Å². The van der Waals surface area contributed by atoms with Gasteiger partial charge in [0.1, 0.15) is 5.75 Å². The van der Waals surface area contributed by atoms with Crippen molar-refractivity contribution in [3.05, 3.63) is 29.8 Å². The third kappa shape index (κ3) is 3.63. The molecular weight excluding hydrogens is 274 g/mol. The Balaban J connectivity index is 0.000000847. The van der Waals surface area contributed by atoms with Gasteiger partial charge in [-0.2, -0.15) is 0 Å². The third-order valence-corrected chi connectivity index (χ3v) is 4.83. The van der Waals surface area contributed by atoms with Gasteiger partial charge in [-0.15, -0.1) is 0 Å². The molecule has 22 heavy (non-hydrogen) atoms. The number of ether oxygens (including phenoxy) is 1. The molecule has 1 aliphatic heterocycles. The number of rotatable bonds is 4. The zero-order valence-corrected chi connectivity index (χ0v) is 14.3. The van der Waals surface area contributed by atoms with Crippen LogP contribution in [0.15, 0.2) is 24.3 Å². The lowest BCUT2D eigenvalue weighted by Crippen LogP contribution is -2.35. The lowest BCUT2D eigenvalue weighted by Gasteiger charge is -2.24. The van der Waals surface area contributed by atoms with Crippen molar-refractivity contribution in [2.75, 3.05) is 13.7 Å². The van der Waals surface area contributed by atoms with Crippen LogP contribution in [0.4, 0.5) is 0 Å². The third-order valence-electron chi connectivity index (χ3n) is 4.83. The number of likely N-dealkylation sites (tertiary alicyclic amines) is 1. The van der Waals surface area contributed by atoms with Crippen LogP contribution in [0.3, 0.4) is 0 Å². The highest BCUT2D eigenvalue weighted by Crippen LogP contribution is 2.41. The molecule has 1 amide bonds. The maximum Gasteiger partial charge on any atom is 0.223 e. The van der Waals surface area contributed by atoms with Crippen LogP contribution in [-0.4, -0.2) is 30.5 Å². The topological polar surface area (TPSA) is 29.5 Å². The van der Waals surface area contributed by atoms with E-state index < -0.39 is 0 Å². The molecule has 1 aromatic rings. The van der Waals surface area contributed by atoms with Crippen LogP contribution >= 0.6 is 0 Å². The predicted octanol–water partition coefficient (Wildman–Crippen LogP) is 3.91. The summed E-state index contributed by atoms with van der Waals surface area (Å²) in [5.74, 6) is 2.64. The quantitative estimate of drug-likeness (QED) is 0.844. The Morgan fingerprint density at radius 3 is 2.77 bits per heavy atom. The van der Waals surface area contributed by atoms with Gasteiger partial charge in [0.25, 0.3) is 0 Å². The molecule has 0 aromatic heterocycles. The minimum Gasteiger partial charge on any atom is -0.497 e. The molecule has 2 fully saturated rings. The van der Waals surface area contributed by atoms with Gasteiger partial charge < -0.3 is 9.64 Å². The molecule has 122 valence electrons. The molecule has 1 saturated heterocycles. The summed E-state index contributed by atoms with van der Waals surface area (Å²) in [7, 11) is 1.69. The number of carbonyl (C=O) groups is 1. The summed E-state index contributed by atoms with van der Waals surface area (Å²) in [4.78, 5) is 14.3. The highest BCUT2D eigenvalue weighted by atomic mass is 16.5. The Labute approximate surface area is 134 Å². The maximum atomic E-state index is 12.1. The molecule has 3 unspecified atom stereocenters. The van der Waals surface area contributed by atoms with Crippen LogP contribution in [-0.2, 0) is 11.2 Å². The first-order chi connectivity index (χ1) is 10.7. The van der Waals surface area contributed by atoms with Gasteiger partial charge in [0.05, 0.1) is 7.11 Å². The zero-order chi connectivity index (χ0) is 16.1. The number of carbonyl (C=O) groups excluding carboxylic acids is 1. The predicted molar refractivity (Wildman–Crippen MR) is 90.1 cm³/mol. The van der Waals surface area contributed by atoms with Gasteiger partial charge in [-0.05, 0) is 48.8 Å². The summed E-state index contributed by atoms with van der Waals surface area (Å²) < 4.78 is 5.25. The number of hydrogen-bond donors (Lipinski definition) is 0. The van der Waals surface area contributed by atoms with Crippen LogP contribution in [0.25, 0.3) is 0 Å². The first-order valence-electron chi connectivity index (χ1n) is 8.59. The van der Waals surface area contributed by atoms with Gasteiger partial charge in [0.15, 0.2) is 0 Å². The number of fused-ring (bicyclic) bond motifs is 1. The standard InChI is InChI=1S/C17H23NO2.C2H6/c1-12-8-14-11-17(19)18(16(14)9-12)7-6-13-4-3-5-15(10-13)20-2;1-2/h3-5,10,12,14,16H,6-9,11H2,1-2H3;1-2H3. The highest BCUT2D eigenvalue weighted by molar-refractivity contribution is 5.79. The molecule has 1 aliphatic carbocycles. The lowest BCUT2D eigenvalue weighted by atomic mass is 10.0. The Kier molecular flexibility index (Phi) is 5.87. The lowest BCUT2D eigenvalue weighted by molar-refractivity contribution is -0.129. The average molecular weight is 303 g/mol.